The zero-order valence-electron chi connectivity index (χ0n) is 13.0. The molecule has 1 aromatic rings. The largest absolute Gasteiger partial charge is 0.354 e. The van der Waals surface area contributed by atoms with Crippen molar-refractivity contribution in [1.29, 1.82) is 0 Å². The monoisotopic (exact) mass is 295 g/mol. The number of nitrogens with one attached hydrogen (secondary N) is 1. The summed E-state index contributed by atoms with van der Waals surface area (Å²) < 4.78 is 0. The van der Waals surface area contributed by atoms with E-state index in [4.69, 9.17) is 11.6 Å². The molecule has 0 aliphatic heterocycles. The van der Waals surface area contributed by atoms with Crippen LogP contribution in [0.1, 0.15) is 52.5 Å². The maximum absolute atomic E-state index is 6.28. The third-order valence-electron chi connectivity index (χ3n) is 3.48. The van der Waals surface area contributed by atoms with Crippen molar-refractivity contribution >= 4 is 17.4 Å². The molecule has 0 radical (unpaired) electrons. The number of hydrogen-bond acceptors (Lipinski definition) is 3. The first-order valence-electron chi connectivity index (χ1n) is 7.57. The summed E-state index contributed by atoms with van der Waals surface area (Å²) >= 11 is 6.28. The van der Waals surface area contributed by atoms with Crippen LogP contribution < -0.4 is 10.2 Å². The summed E-state index contributed by atoms with van der Waals surface area (Å²) in [5, 5.41) is 4.24. The summed E-state index contributed by atoms with van der Waals surface area (Å²) in [6.45, 7) is 10.6. The number of pyridine rings is 1. The van der Waals surface area contributed by atoms with Crippen LogP contribution in [-0.4, -0.2) is 23.1 Å². The quantitative estimate of drug-likeness (QED) is 0.860. The Labute approximate surface area is 127 Å². The summed E-state index contributed by atoms with van der Waals surface area (Å²) in [6, 6.07) is 2.83. The highest BCUT2D eigenvalue weighted by Gasteiger charge is 2.29. The Morgan fingerprint density at radius 3 is 2.65 bits per heavy atom. The fourth-order valence-corrected chi connectivity index (χ4v) is 2.40. The van der Waals surface area contributed by atoms with Gasteiger partial charge in [0.2, 0.25) is 0 Å². The fraction of sp³-hybridized carbons (Fsp3) is 0.688. The molecule has 4 heteroatoms. The van der Waals surface area contributed by atoms with Gasteiger partial charge in [-0.25, -0.2) is 4.98 Å². The van der Waals surface area contributed by atoms with E-state index < -0.39 is 0 Å². The minimum atomic E-state index is 0.0896. The van der Waals surface area contributed by atoms with Crippen LogP contribution in [0.4, 0.5) is 5.82 Å². The van der Waals surface area contributed by atoms with Crippen molar-refractivity contribution in [2.24, 2.45) is 0 Å². The number of aromatic nitrogens is 1. The molecule has 0 amide bonds. The molecule has 0 saturated heterocycles. The van der Waals surface area contributed by atoms with Crippen LogP contribution in [0.15, 0.2) is 12.3 Å². The minimum absolute atomic E-state index is 0.0896. The Kier molecular flexibility index (Phi) is 4.92. The van der Waals surface area contributed by atoms with Gasteiger partial charge in [-0.15, -0.1) is 0 Å². The highest BCUT2D eigenvalue weighted by molar-refractivity contribution is 6.31. The zero-order chi connectivity index (χ0) is 14.8. The number of anilines is 1. The Hall–Kier alpha value is -0.800. The lowest BCUT2D eigenvalue weighted by Gasteiger charge is -2.25. The van der Waals surface area contributed by atoms with Crippen LogP contribution >= 0.6 is 11.6 Å². The van der Waals surface area contributed by atoms with Gasteiger partial charge in [0.05, 0.1) is 5.02 Å². The van der Waals surface area contributed by atoms with Crippen LogP contribution in [0.5, 0.6) is 0 Å². The molecular formula is C16H26ClN3. The molecule has 1 aliphatic rings. The molecule has 3 nitrogen and oxygen atoms in total. The maximum Gasteiger partial charge on any atom is 0.129 e. The molecule has 1 fully saturated rings. The van der Waals surface area contributed by atoms with Gasteiger partial charge in [0.25, 0.3) is 0 Å². The van der Waals surface area contributed by atoms with Gasteiger partial charge in [0, 0.05) is 30.9 Å². The zero-order valence-corrected chi connectivity index (χ0v) is 13.8. The van der Waals surface area contributed by atoms with Crippen molar-refractivity contribution in [2.45, 2.75) is 65.1 Å². The number of halogens is 1. The smallest absolute Gasteiger partial charge is 0.129 e. The van der Waals surface area contributed by atoms with Gasteiger partial charge in [-0.1, -0.05) is 18.5 Å². The average Bonchev–Trinajstić information content (AvgIpc) is 3.18. The fourth-order valence-electron chi connectivity index (χ4n) is 2.23. The summed E-state index contributed by atoms with van der Waals surface area (Å²) in [6.07, 6.45) is 5.53. The van der Waals surface area contributed by atoms with Gasteiger partial charge in [-0.05, 0) is 51.7 Å². The molecule has 112 valence electrons. The van der Waals surface area contributed by atoms with Gasteiger partial charge in [-0.3, -0.25) is 0 Å². The third-order valence-corrected chi connectivity index (χ3v) is 3.82. The molecule has 0 spiro atoms. The van der Waals surface area contributed by atoms with Crippen LogP contribution in [0.2, 0.25) is 5.02 Å². The van der Waals surface area contributed by atoms with Gasteiger partial charge >= 0.3 is 0 Å². The van der Waals surface area contributed by atoms with Gasteiger partial charge in [0.15, 0.2) is 0 Å². The van der Waals surface area contributed by atoms with Gasteiger partial charge < -0.3 is 10.2 Å². The number of hydrogen-bond donors (Lipinski definition) is 1. The van der Waals surface area contributed by atoms with Crippen LogP contribution in [0.3, 0.4) is 0 Å². The van der Waals surface area contributed by atoms with Crippen LogP contribution in [0.25, 0.3) is 0 Å². The van der Waals surface area contributed by atoms with E-state index in [1.54, 1.807) is 6.20 Å². The first-order chi connectivity index (χ1) is 9.40. The summed E-state index contributed by atoms with van der Waals surface area (Å²) in [4.78, 5) is 6.96. The minimum Gasteiger partial charge on any atom is -0.354 e. The highest BCUT2D eigenvalue weighted by Crippen LogP contribution is 2.32. The molecule has 20 heavy (non-hydrogen) atoms. The molecule has 0 unspecified atom stereocenters. The van der Waals surface area contributed by atoms with Crippen molar-refractivity contribution < 1.29 is 0 Å². The van der Waals surface area contributed by atoms with Crippen LogP contribution in [0, 0.1) is 0 Å². The van der Waals surface area contributed by atoms with E-state index in [-0.39, 0.29) is 5.54 Å². The predicted molar refractivity (Wildman–Crippen MR) is 86.5 cm³/mol. The van der Waals surface area contributed by atoms with E-state index in [2.05, 4.69) is 49.0 Å². The molecule has 0 atom stereocenters. The van der Waals surface area contributed by atoms with E-state index in [9.17, 15) is 0 Å². The topological polar surface area (TPSA) is 28.2 Å². The molecule has 2 rings (SSSR count). The second-order valence-corrected chi connectivity index (χ2v) is 7.07. The van der Waals surface area contributed by atoms with Crippen molar-refractivity contribution in [1.82, 2.24) is 10.3 Å². The number of rotatable bonds is 6. The summed E-state index contributed by atoms with van der Waals surface area (Å²) in [5.41, 5.74) is 1.22. The van der Waals surface area contributed by atoms with E-state index in [0.717, 1.165) is 35.9 Å². The number of nitrogens with zero attached hydrogens (tertiary/aromatic N) is 2. The van der Waals surface area contributed by atoms with Crippen molar-refractivity contribution in [3.05, 3.63) is 22.8 Å². The lowest BCUT2D eigenvalue weighted by atomic mass is 10.1. The Morgan fingerprint density at radius 2 is 2.10 bits per heavy atom. The van der Waals surface area contributed by atoms with E-state index in [1.807, 2.05) is 0 Å². The van der Waals surface area contributed by atoms with E-state index in [0.29, 0.717) is 6.04 Å². The van der Waals surface area contributed by atoms with Crippen molar-refractivity contribution in [2.75, 3.05) is 11.4 Å². The van der Waals surface area contributed by atoms with Crippen molar-refractivity contribution in [3.63, 3.8) is 0 Å². The Morgan fingerprint density at radius 1 is 1.40 bits per heavy atom. The molecule has 1 aromatic heterocycles. The first kappa shape index (κ1) is 15.6. The Balaban J connectivity index is 2.14. The first-order valence-corrected chi connectivity index (χ1v) is 7.94. The van der Waals surface area contributed by atoms with E-state index >= 15 is 0 Å². The van der Waals surface area contributed by atoms with Crippen LogP contribution in [-0.2, 0) is 6.54 Å². The second-order valence-electron chi connectivity index (χ2n) is 6.66. The van der Waals surface area contributed by atoms with Crippen molar-refractivity contribution in [3.8, 4) is 0 Å². The molecular weight excluding hydrogens is 270 g/mol. The third kappa shape index (κ3) is 4.35. The van der Waals surface area contributed by atoms with E-state index in [1.165, 1.54) is 12.8 Å². The molecule has 0 bridgehead atoms. The second kappa shape index (κ2) is 6.31. The normalized spacial score (nSPS) is 15.4. The molecule has 0 aromatic carbocycles. The van der Waals surface area contributed by atoms with Gasteiger partial charge in [0.1, 0.15) is 5.82 Å². The van der Waals surface area contributed by atoms with Gasteiger partial charge in [-0.2, -0.15) is 0 Å². The lowest BCUT2D eigenvalue weighted by molar-refractivity contribution is 0.424. The summed E-state index contributed by atoms with van der Waals surface area (Å²) in [7, 11) is 0. The SMILES string of the molecule is CCCN(c1cc(CNC(C)(C)C)c(Cl)cn1)C1CC1. The summed E-state index contributed by atoms with van der Waals surface area (Å²) in [5.74, 6) is 1.07. The highest BCUT2D eigenvalue weighted by atomic mass is 35.5. The Bertz CT molecular complexity index is 450. The maximum atomic E-state index is 6.28. The molecule has 1 N–H and O–H groups in total. The predicted octanol–water partition coefficient (Wildman–Crippen LogP) is 4.00. The molecule has 1 saturated carbocycles. The standard InChI is InChI=1S/C16H26ClN3/c1-5-8-20(13-6-7-13)15-9-12(14(17)11-18-15)10-19-16(2,3)4/h9,11,13,19H,5-8,10H2,1-4H3. The average molecular weight is 296 g/mol. The molecule has 1 aliphatic carbocycles. The lowest BCUT2D eigenvalue weighted by Crippen LogP contribution is -2.35. The molecule has 1 heterocycles.